The van der Waals surface area contributed by atoms with E-state index < -0.39 is 11.3 Å². The summed E-state index contributed by atoms with van der Waals surface area (Å²) in [7, 11) is 0. The molecule has 0 unspecified atom stereocenters. The number of amides is 1. The van der Waals surface area contributed by atoms with Crippen molar-refractivity contribution in [3.05, 3.63) is 47.5 Å². The van der Waals surface area contributed by atoms with Gasteiger partial charge < -0.3 is 20.8 Å². The molecule has 28 heavy (non-hydrogen) atoms. The molecule has 6 heteroatoms. The van der Waals surface area contributed by atoms with E-state index in [1.165, 1.54) is 18.2 Å². The molecule has 4 N–H and O–H groups in total. The Labute approximate surface area is 165 Å². The highest BCUT2D eigenvalue weighted by Crippen LogP contribution is 2.36. The summed E-state index contributed by atoms with van der Waals surface area (Å²) in [6.07, 6.45) is 0. The van der Waals surface area contributed by atoms with Gasteiger partial charge in [-0.05, 0) is 39.0 Å². The van der Waals surface area contributed by atoms with Crippen LogP contribution in [0, 0.1) is 5.41 Å². The molecule has 0 heterocycles. The highest BCUT2D eigenvalue weighted by molar-refractivity contribution is 6.08. The van der Waals surface area contributed by atoms with Gasteiger partial charge in [0.05, 0.1) is 11.4 Å². The maximum atomic E-state index is 12.7. The van der Waals surface area contributed by atoms with E-state index in [9.17, 15) is 19.8 Å². The number of phenols is 2. The number of phenolic OH excluding ortho intramolecular Hbond substituents is 2. The van der Waals surface area contributed by atoms with Gasteiger partial charge in [0.25, 0.3) is 5.91 Å². The third-order valence-corrected chi connectivity index (χ3v) is 3.94. The molecule has 0 fully saturated rings. The van der Waals surface area contributed by atoms with E-state index in [-0.39, 0.29) is 28.5 Å². The van der Waals surface area contributed by atoms with Crippen molar-refractivity contribution < 1.29 is 19.8 Å². The Balaban J connectivity index is 2.30. The predicted octanol–water partition coefficient (Wildman–Crippen LogP) is 4.79. The molecule has 0 saturated carbocycles. The Kier molecular flexibility index (Phi) is 5.73. The Bertz CT molecular complexity index is 906. The molecule has 0 saturated heterocycles. The van der Waals surface area contributed by atoms with Gasteiger partial charge in [0, 0.05) is 28.1 Å². The second-order valence-electron chi connectivity index (χ2n) is 8.88. The molecule has 6 nitrogen and oxygen atoms in total. The Hall–Kier alpha value is -3.02. The minimum absolute atomic E-state index is 0.0636. The molecule has 2 aromatic carbocycles. The van der Waals surface area contributed by atoms with Crippen LogP contribution in [0.3, 0.4) is 0 Å². The van der Waals surface area contributed by atoms with Crippen LogP contribution in [-0.2, 0) is 0 Å². The van der Waals surface area contributed by atoms with Crippen molar-refractivity contribution in [2.75, 3.05) is 10.6 Å². The van der Waals surface area contributed by atoms with Crippen LogP contribution in [0.15, 0.2) is 36.4 Å². The number of Topliss-reactive ketones (excluding diaryl/α,β-unsaturated/α-hetero) is 1. The second-order valence-corrected chi connectivity index (χ2v) is 8.88. The summed E-state index contributed by atoms with van der Waals surface area (Å²) in [6.45, 7) is 11.2. The molecule has 1 amide bonds. The fourth-order valence-corrected chi connectivity index (χ4v) is 2.61. The molecule has 0 radical (unpaired) electrons. The fraction of sp³-hybridized carbons (Fsp3) is 0.364. The van der Waals surface area contributed by atoms with E-state index in [2.05, 4.69) is 10.6 Å². The van der Waals surface area contributed by atoms with Gasteiger partial charge in [-0.2, -0.15) is 0 Å². The third-order valence-electron chi connectivity index (χ3n) is 3.94. The van der Waals surface area contributed by atoms with Gasteiger partial charge in [-0.15, -0.1) is 0 Å². The number of hydrogen-bond donors (Lipinski definition) is 4. The molecule has 0 bridgehead atoms. The normalized spacial score (nSPS) is 11.8. The summed E-state index contributed by atoms with van der Waals surface area (Å²) in [5.74, 6) is -0.909. The summed E-state index contributed by atoms with van der Waals surface area (Å²) >= 11 is 0. The molecule has 2 aromatic rings. The summed E-state index contributed by atoms with van der Waals surface area (Å²) in [5, 5.41) is 25.9. The van der Waals surface area contributed by atoms with Crippen LogP contribution in [-0.4, -0.2) is 27.4 Å². The van der Waals surface area contributed by atoms with Gasteiger partial charge in [-0.3, -0.25) is 9.59 Å². The van der Waals surface area contributed by atoms with Crippen LogP contribution in [0.4, 0.5) is 11.4 Å². The van der Waals surface area contributed by atoms with Crippen molar-refractivity contribution in [1.29, 1.82) is 0 Å². The lowest BCUT2D eigenvalue weighted by Gasteiger charge is -2.23. The van der Waals surface area contributed by atoms with Crippen LogP contribution >= 0.6 is 0 Å². The fourth-order valence-electron chi connectivity index (χ4n) is 2.61. The zero-order valence-corrected chi connectivity index (χ0v) is 17.2. The predicted molar refractivity (Wildman–Crippen MR) is 111 cm³/mol. The molecule has 0 spiro atoms. The molecule has 0 aliphatic rings. The summed E-state index contributed by atoms with van der Waals surface area (Å²) < 4.78 is 0. The van der Waals surface area contributed by atoms with Crippen LogP contribution in [0.2, 0.25) is 0 Å². The SMILES string of the molecule is CC(C)(C)Nc1cc(NC(=O)c2cccc(C(=O)C(C)(C)C)c2)c(O)cc1O. The first-order valence-corrected chi connectivity index (χ1v) is 9.08. The van der Waals surface area contributed by atoms with Crippen molar-refractivity contribution in [3.63, 3.8) is 0 Å². The molecule has 150 valence electrons. The van der Waals surface area contributed by atoms with E-state index in [4.69, 9.17) is 0 Å². The quantitative estimate of drug-likeness (QED) is 0.345. The number of benzene rings is 2. The number of nitrogens with one attached hydrogen (secondary N) is 2. The molecule has 0 aliphatic carbocycles. The average Bonchev–Trinajstić information content (AvgIpc) is 2.56. The number of hydrogen-bond acceptors (Lipinski definition) is 5. The lowest BCUT2D eigenvalue weighted by Crippen LogP contribution is -2.26. The average molecular weight is 384 g/mol. The zero-order valence-electron chi connectivity index (χ0n) is 17.2. The Morgan fingerprint density at radius 1 is 0.821 bits per heavy atom. The lowest BCUT2D eigenvalue weighted by molar-refractivity contribution is 0.0858. The van der Waals surface area contributed by atoms with Crippen molar-refractivity contribution in [3.8, 4) is 11.5 Å². The number of carbonyl (C=O) groups excluding carboxylic acids is 2. The van der Waals surface area contributed by atoms with E-state index in [1.807, 2.05) is 41.5 Å². The largest absolute Gasteiger partial charge is 0.506 e. The van der Waals surface area contributed by atoms with Crippen LogP contribution < -0.4 is 10.6 Å². The molecular formula is C22H28N2O4. The second kappa shape index (κ2) is 7.54. The smallest absolute Gasteiger partial charge is 0.255 e. The molecule has 0 aromatic heterocycles. The van der Waals surface area contributed by atoms with E-state index >= 15 is 0 Å². The van der Waals surface area contributed by atoms with Gasteiger partial charge in [-0.25, -0.2) is 0 Å². The minimum Gasteiger partial charge on any atom is -0.506 e. The van der Waals surface area contributed by atoms with Gasteiger partial charge in [-0.1, -0.05) is 32.9 Å². The van der Waals surface area contributed by atoms with Gasteiger partial charge in [0.1, 0.15) is 11.5 Å². The van der Waals surface area contributed by atoms with Crippen LogP contribution in [0.25, 0.3) is 0 Å². The van der Waals surface area contributed by atoms with Gasteiger partial charge in [0.2, 0.25) is 0 Å². The molecule has 0 atom stereocenters. The van der Waals surface area contributed by atoms with Crippen LogP contribution in [0.5, 0.6) is 11.5 Å². The first kappa shape index (κ1) is 21.3. The molecular weight excluding hydrogens is 356 g/mol. The zero-order chi connectivity index (χ0) is 21.3. The maximum Gasteiger partial charge on any atom is 0.255 e. The first-order chi connectivity index (χ1) is 12.8. The first-order valence-electron chi connectivity index (χ1n) is 9.08. The highest BCUT2D eigenvalue weighted by Gasteiger charge is 2.24. The number of rotatable bonds is 4. The molecule has 0 aliphatic heterocycles. The number of ketones is 1. The maximum absolute atomic E-state index is 12.7. The summed E-state index contributed by atoms with van der Waals surface area (Å²) in [4.78, 5) is 25.1. The van der Waals surface area contributed by atoms with E-state index in [0.717, 1.165) is 0 Å². The summed E-state index contributed by atoms with van der Waals surface area (Å²) in [6, 6.07) is 9.10. The van der Waals surface area contributed by atoms with Crippen molar-refractivity contribution in [2.24, 2.45) is 5.41 Å². The number of carbonyl (C=O) groups is 2. The topological polar surface area (TPSA) is 98.7 Å². The van der Waals surface area contributed by atoms with Gasteiger partial charge in [0.15, 0.2) is 5.78 Å². The standard InChI is InChI=1S/C22H28N2O4/c1-21(2,3)19(27)13-8-7-9-14(10-13)20(28)23-15-11-16(24-22(4,5)6)18(26)12-17(15)25/h7-12,24-26H,1-6H3,(H,23,28). The van der Waals surface area contributed by atoms with Crippen molar-refractivity contribution in [1.82, 2.24) is 0 Å². The monoisotopic (exact) mass is 384 g/mol. The summed E-state index contributed by atoms with van der Waals surface area (Å²) in [5.41, 5.74) is 0.410. The third kappa shape index (κ3) is 5.25. The minimum atomic E-state index is -0.558. The number of aromatic hydroxyl groups is 2. The van der Waals surface area contributed by atoms with Gasteiger partial charge >= 0.3 is 0 Å². The highest BCUT2D eigenvalue weighted by atomic mass is 16.3. The Morgan fingerprint density at radius 2 is 1.39 bits per heavy atom. The van der Waals surface area contributed by atoms with Crippen molar-refractivity contribution in [2.45, 2.75) is 47.1 Å². The van der Waals surface area contributed by atoms with Crippen LogP contribution in [0.1, 0.15) is 62.3 Å². The van der Waals surface area contributed by atoms with E-state index in [0.29, 0.717) is 16.8 Å². The van der Waals surface area contributed by atoms with E-state index in [1.54, 1.807) is 18.2 Å². The lowest BCUT2D eigenvalue weighted by atomic mass is 9.86. The van der Waals surface area contributed by atoms with Crippen molar-refractivity contribution >= 4 is 23.1 Å². The molecule has 2 rings (SSSR count). The Morgan fingerprint density at radius 3 is 1.96 bits per heavy atom. The number of anilines is 2.